The number of rotatable bonds is 3. The molecular weight excluding hydrogens is 230 g/mol. The van der Waals surface area contributed by atoms with Gasteiger partial charge >= 0.3 is 0 Å². The molecule has 3 rings (SSSR count). The Morgan fingerprint density at radius 1 is 1.28 bits per heavy atom. The van der Waals surface area contributed by atoms with Gasteiger partial charge in [-0.3, -0.25) is 4.90 Å². The number of nitrogens with zero attached hydrogens (tertiary/aromatic N) is 3. The van der Waals surface area contributed by atoms with Crippen molar-refractivity contribution in [1.29, 1.82) is 0 Å². The zero-order valence-corrected chi connectivity index (χ0v) is 11.2. The van der Waals surface area contributed by atoms with Crippen molar-refractivity contribution in [3.05, 3.63) is 11.7 Å². The molecule has 0 aliphatic carbocycles. The van der Waals surface area contributed by atoms with Gasteiger partial charge in [-0.15, -0.1) is 0 Å². The average molecular weight is 251 g/mol. The quantitative estimate of drug-likeness (QED) is 0.821. The summed E-state index contributed by atoms with van der Waals surface area (Å²) < 4.78 is 10.9. The molecule has 1 unspecified atom stereocenters. The molecule has 0 bridgehead atoms. The fraction of sp³-hybridized carbons (Fsp3) is 0.846. The SMILES string of the molecule is CC(C)(c1nc(C2CCOC2)no1)N1CCCC1. The molecule has 2 fully saturated rings. The van der Waals surface area contributed by atoms with Crippen molar-refractivity contribution in [1.82, 2.24) is 15.0 Å². The van der Waals surface area contributed by atoms with Gasteiger partial charge in [0.15, 0.2) is 5.82 Å². The van der Waals surface area contributed by atoms with Crippen LogP contribution < -0.4 is 0 Å². The Hall–Kier alpha value is -0.940. The highest BCUT2D eigenvalue weighted by Gasteiger charge is 2.36. The first-order valence-corrected chi connectivity index (χ1v) is 6.85. The second kappa shape index (κ2) is 4.63. The lowest BCUT2D eigenvalue weighted by Gasteiger charge is -2.31. The van der Waals surface area contributed by atoms with Crippen LogP contribution in [0.1, 0.15) is 50.7 Å². The number of ether oxygens (including phenoxy) is 1. The first kappa shape index (κ1) is 12.1. The highest BCUT2D eigenvalue weighted by molar-refractivity contribution is 5.05. The largest absolute Gasteiger partial charge is 0.381 e. The van der Waals surface area contributed by atoms with Crippen LogP contribution in [0.25, 0.3) is 0 Å². The van der Waals surface area contributed by atoms with Crippen molar-refractivity contribution < 1.29 is 9.26 Å². The molecule has 2 saturated heterocycles. The number of hydrogen-bond donors (Lipinski definition) is 0. The van der Waals surface area contributed by atoms with Gasteiger partial charge in [0.05, 0.1) is 12.1 Å². The monoisotopic (exact) mass is 251 g/mol. The first-order chi connectivity index (χ1) is 8.68. The third-order valence-corrected chi connectivity index (χ3v) is 4.16. The van der Waals surface area contributed by atoms with Crippen LogP contribution in [0, 0.1) is 0 Å². The predicted octanol–water partition coefficient (Wildman–Crippen LogP) is 1.90. The Morgan fingerprint density at radius 3 is 2.72 bits per heavy atom. The van der Waals surface area contributed by atoms with Crippen LogP contribution >= 0.6 is 0 Å². The van der Waals surface area contributed by atoms with E-state index in [0.29, 0.717) is 5.92 Å². The van der Waals surface area contributed by atoms with E-state index in [4.69, 9.17) is 9.26 Å². The maximum absolute atomic E-state index is 5.50. The standard InChI is InChI=1S/C13H21N3O2/c1-13(2,16-6-3-4-7-16)12-14-11(15-18-12)10-5-8-17-9-10/h10H,3-9H2,1-2H3. The van der Waals surface area contributed by atoms with Gasteiger partial charge in [0.1, 0.15) is 0 Å². The topological polar surface area (TPSA) is 51.4 Å². The summed E-state index contributed by atoms with van der Waals surface area (Å²) in [5.74, 6) is 1.87. The summed E-state index contributed by atoms with van der Waals surface area (Å²) in [6.45, 7) is 8.11. The van der Waals surface area contributed by atoms with E-state index in [-0.39, 0.29) is 5.54 Å². The van der Waals surface area contributed by atoms with Gasteiger partial charge < -0.3 is 9.26 Å². The van der Waals surface area contributed by atoms with Gasteiger partial charge in [0, 0.05) is 12.5 Å². The summed E-state index contributed by atoms with van der Waals surface area (Å²) in [4.78, 5) is 7.04. The van der Waals surface area contributed by atoms with Gasteiger partial charge in [0.25, 0.3) is 0 Å². The van der Waals surface area contributed by atoms with E-state index < -0.39 is 0 Å². The molecule has 0 saturated carbocycles. The molecule has 1 atom stereocenters. The second-order valence-corrected chi connectivity index (χ2v) is 5.77. The smallest absolute Gasteiger partial charge is 0.246 e. The molecule has 100 valence electrons. The Kier molecular flexibility index (Phi) is 3.11. The molecule has 3 heterocycles. The maximum Gasteiger partial charge on any atom is 0.246 e. The van der Waals surface area contributed by atoms with Crippen molar-refractivity contribution >= 4 is 0 Å². The molecule has 1 aromatic heterocycles. The normalized spacial score (nSPS) is 26.0. The highest BCUT2D eigenvalue weighted by atomic mass is 16.5. The molecule has 2 aliphatic heterocycles. The molecule has 2 aliphatic rings. The summed E-state index contributed by atoms with van der Waals surface area (Å²) in [5.41, 5.74) is -0.152. The third-order valence-electron chi connectivity index (χ3n) is 4.16. The average Bonchev–Trinajstić information content (AvgIpc) is 3.12. The maximum atomic E-state index is 5.50. The number of aromatic nitrogens is 2. The predicted molar refractivity (Wildman–Crippen MR) is 66.3 cm³/mol. The summed E-state index contributed by atoms with van der Waals surface area (Å²) in [5, 5.41) is 4.14. The van der Waals surface area contributed by atoms with Gasteiger partial charge in [-0.05, 0) is 46.2 Å². The molecule has 0 spiro atoms. The summed E-state index contributed by atoms with van der Waals surface area (Å²) >= 11 is 0. The van der Waals surface area contributed by atoms with Crippen LogP contribution in [0.2, 0.25) is 0 Å². The summed E-state index contributed by atoms with van der Waals surface area (Å²) in [7, 11) is 0. The molecular formula is C13H21N3O2. The van der Waals surface area contributed by atoms with Crippen LogP contribution in [0.15, 0.2) is 4.52 Å². The lowest BCUT2D eigenvalue weighted by Crippen LogP contribution is -2.39. The van der Waals surface area contributed by atoms with Crippen molar-refractivity contribution in [3.63, 3.8) is 0 Å². The molecule has 5 heteroatoms. The van der Waals surface area contributed by atoms with E-state index in [1.54, 1.807) is 0 Å². The number of likely N-dealkylation sites (tertiary alicyclic amines) is 1. The second-order valence-electron chi connectivity index (χ2n) is 5.77. The first-order valence-electron chi connectivity index (χ1n) is 6.85. The lowest BCUT2D eigenvalue weighted by atomic mass is 10.0. The van der Waals surface area contributed by atoms with E-state index in [1.807, 2.05) is 0 Å². The van der Waals surface area contributed by atoms with E-state index >= 15 is 0 Å². The van der Waals surface area contributed by atoms with Crippen molar-refractivity contribution in [2.45, 2.75) is 44.6 Å². The van der Waals surface area contributed by atoms with Gasteiger partial charge in [-0.25, -0.2) is 0 Å². The van der Waals surface area contributed by atoms with Gasteiger partial charge in [0.2, 0.25) is 5.89 Å². The van der Waals surface area contributed by atoms with Crippen LogP contribution in [-0.2, 0) is 10.3 Å². The molecule has 0 amide bonds. The van der Waals surface area contributed by atoms with Gasteiger partial charge in [-0.1, -0.05) is 5.16 Å². The Morgan fingerprint density at radius 2 is 2.06 bits per heavy atom. The molecule has 0 radical (unpaired) electrons. The Labute approximate surface area is 107 Å². The zero-order valence-electron chi connectivity index (χ0n) is 11.2. The van der Waals surface area contributed by atoms with Crippen molar-refractivity contribution in [3.8, 4) is 0 Å². The minimum Gasteiger partial charge on any atom is -0.381 e. The van der Waals surface area contributed by atoms with Crippen LogP contribution in [0.4, 0.5) is 0 Å². The fourth-order valence-corrected chi connectivity index (χ4v) is 2.80. The molecule has 5 nitrogen and oxygen atoms in total. The van der Waals surface area contributed by atoms with E-state index in [0.717, 1.165) is 44.4 Å². The summed E-state index contributed by atoms with van der Waals surface area (Å²) in [6.07, 6.45) is 3.53. The van der Waals surface area contributed by atoms with Crippen molar-refractivity contribution in [2.75, 3.05) is 26.3 Å². The summed E-state index contributed by atoms with van der Waals surface area (Å²) in [6, 6.07) is 0. The van der Waals surface area contributed by atoms with Crippen LogP contribution in [0.3, 0.4) is 0 Å². The van der Waals surface area contributed by atoms with Crippen LogP contribution in [-0.4, -0.2) is 41.3 Å². The number of hydrogen-bond acceptors (Lipinski definition) is 5. The lowest BCUT2D eigenvalue weighted by molar-refractivity contribution is 0.112. The molecule has 18 heavy (non-hydrogen) atoms. The highest BCUT2D eigenvalue weighted by Crippen LogP contribution is 2.31. The van der Waals surface area contributed by atoms with E-state index in [2.05, 4.69) is 28.9 Å². The molecule has 1 aromatic rings. The van der Waals surface area contributed by atoms with Crippen molar-refractivity contribution in [2.24, 2.45) is 0 Å². The Balaban J connectivity index is 1.78. The van der Waals surface area contributed by atoms with E-state index in [1.165, 1.54) is 12.8 Å². The fourth-order valence-electron chi connectivity index (χ4n) is 2.80. The zero-order chi connectivity index (χ0) is 12.6. The van der Waals surface area contributed by atoms with E-state index in [9.17, 15) is 0 Å². The molecule has 0 N–H and O–H groups in total. The minimum atomic E-state index is -0.152. The molecule has 0 aromatic carbocycles. The van der Waals surface area contributed by atoms with Gasteiger partial charge in [-0.2, -0.15) is 4.98 Å². The third kappa shape index (κ3) is 2.06. The Bertz CT molecular complexity index is 404. The minimum absolute atomic E-state index is 0.152. The van der Waals surface area contributed by atoms with Crippen LogP contribution in [0.5, 0.6) is 0 Å².